The van der Waals surface area contributed by atoms with Crippen LogP contribution in [0, 0.1) is 11.3 Å². The number of hydrogen-bond acceptors (Lipinski definition) is 2. The first-order valence-electron chi connectivity index (χ1n) is 23.6. The molecule has 1 aliphatic carbocycles. The van der Waals surface area contributed by atoms with Crippen molar-refractivity contribution in [3.8, 4) is 28.3 Å². The zero-order valence-electron chi connectivity index (χ0n) is 38.0. The first-order valence-corrected chi connectivity index (χ1v) is 24.4. The molecule has 0 fully saturated rings. The lowest BCUT2D eigenvalue weighted by Crippen LogP contribution is -2.17. The van der Waals surface area contributed by atoms with Gasteiger partial charge in [-0.2, -0.15) is 5.26 Å². The molecule has 11 rings (SSSR count). The molecule has 0 spiro atoms. The molecule has 0 amide bonds. The van der Waals surface area contributed by atoms with Crippen molar-refractivity contribution in [1.29, 1.82) is 5.26 Å². The lowest BCUT2D eigenvalue weighted by Gasteiger charge is -2.28. The summed E-state index contributed by atoms with van der Waals surface area (Å²) >= 11 is 1.95. The fourth-order valence-electron chi connectivity index (χ4n) is 11.2. The third-order valence-corrected chi connectivity index (χ3v) is 16.0. The quantitative estimate of drug-likeness (QED) is 0.120. The highest BCUT2D eigenvalue weighted by Gasteiger charge is 2.38. The van der Waals surface area contributed by atoms with E-state index in [4.69, 9.17) is 0 Å². The Morgan fingerprint density at radius 1 is 0.545 bits per heavy atom. The molecule has 1 heterocycles. The average Bonchev–Trinajstić information content (AvgIpc) is 3.86. The predicted molar refractivity (Wildman–Crippen MR) is 280 cm³/mol. The largest absolute Gasteiger partial charge is 0.192 e. The van der Waals surface area contributed by atoms with Crippen LogP contribution in [0.15, 0.2) is 200 Å². The number of nitrogens with zero attached hydrogens (tertiary/aromatic N) is 1. The molecular weight excluding hydrogens is 815 g/mol. The van der Waals surface area contributed by atoms with E-state index < -0.39 is 0 Å². The fraction of sp³-hybridized carbons (Fsp3) is 0.172. The van der Waals surface area contributed by atoms with Crippen LogP contribution >= 0.6 is 11.3 Å². The molecule has 0 saturated heterocycles. The molecule has 10 aromatic rings. The highest BCUT2D eigenvalue weighted by atomic mass is 32.1. The van der Waals surface area contributed by atoms with Gasteiger partial charge in [0, 0.05) is 25.6 Å². The molecule has 9 aromatic carbocycles. The zero-order valence-corrected chi connectivity index (χ0v) is 38.8. The van der Waals surface area contributed by atoms with Crippen molar-refractivity contribution in [2.24, 2.45) is 0 Å². The molecule has 0 aliphatic heterocycles. The SMILES string of the molecule is CC(c1ccc2c(c1)C(C)(C)c1cc(CCC(Cc3ccccc3)c3cc(C#N)cc(-c4ccccc4)c3)c3ccccc3c1-2)C(Cc1ccccc1)c1cccc2c1sc1ccccc12. The van der Waals surface area contributed by atoms with Gasteiger partial charge in [-0.25, -0.2) is 0 Å². The Bertz CT molecular complexity index is 3430. The van der Waals surface area contributed by atoms with Gasteiger partial charge in [-0.1, -0.05) is 203 Å². The Hall–Kier alpha value is -7.05. The maximum absolute atomic E-state index is 10.2. The topological polar surface area (TPSA) is 23.8 Å². The van der Waals surface area contributed by atoms with Crippen LogP contribution in [0.1, 0.15) is 95.0 Å². The van der Waals surface area contributed by atoms with Gasteiger partial charge in [0.1, 0.15) is 0 Å². The van der Waals surface area contributed by atoms with Crippen molar-refractivity contribution in [3.05, 3.63) is 250 Å². The second-order valence-corrected chi connectivity index (χ2v) is 20.1. The van der Waals surface area contributed by atoms with Crippen LogP contribution in [-0.4, -0.2) is 0 Å². The molecule has 1 aromatic heterocycles. The molecule has 3 atom stereocenters. The molecular formula is C64H53NS. The molecule has 66 heavy (non-hydrogen) atoms. The summed E-state index contributed by atoms with van der Waals surface area (Å²) in [5.74, 6) is 0.802. The van der Waals surface area contributed by atoms with Crippen LogP contribution in [0.4, 0.5) is 0 Å². The summed E-state index contributed by atoms with van der Waals surface area (Å²) in [5, 5.41) is 15.6. The Morgan fingerprint density at radius 2 is 1.20 bits per heavy atom. The highest BCUT2D eigenvalue weighted by Crippen LogP contribution is 2.54. The average molecular weight is 868 g/mol. The van der Waals surface area contributed by atoms with E-state index in [1.165, 1.54) is 86.6 Å². The first-order chi connectivity index (χ1) is 32.3. The maximum Gasteiger partial charge on any atom is 0.0991 e. The summed E-state index contributed by atoms with van der Waals surface area (Å²) in [7, 11) is 0. The van der Waals surface area contributed by atoms with Crippen molar-refractivity contribution in [2.75, 3.05) is 0 Å². The number of benzene rings is 9. The zero-order chi connectivity index (χ0) is 44.8. The number of aryl methyl sites for hydroxylation is 1. The summed E-state index contributed by atoms with van der Waals surface area (Å²) in [6, 6.07) is 76.4. The van der Waals surface area contributed by atoms with E-state index in [2.05, 4.69) is 221 Å². The van der Waals surface area contributed by atoms with Gasteiger partial charge in [-0.05, 0) is 139 Å². The molecule has 0 bridgehead atoms. The number of fused-ring (bicyclic) bond motifs is 8. The standard InChI is InChI=1S/C64H53NS/c1-42(58(37-44-20-9-5-10-21-44)56-28-17-27-55-53-25-15-16-29-61(53)66-63(55)56)47-32-33-57-59(39-47)64(2,3)60-40-49(52-24-13-14-26-54(52)62(57)60)31-30-48(34-43-18-7-4-8-19-43)51-36-45(41-65)35-50(38-51)46-22-11-6-12-23-46/h4-29,32-33,35-36,38-40,42,48,58H,30-31,34,37H2,1-3H3. The van der Waals surface area contributed by atoms with Crippen molar-refractivity contribution < 1.29 is 0 Å². The summed E-state index contributed by atoms with van der Waals surface area (Å²) in [5.41, 5.74) is 16.5. The summed E-state index contributed by atoms with van der Waals surface area (Å²) in [6.07, 6.45) is 3.78. The van der Waals surface area contributed by atoms with Gasteiger partial charge in [0.05, 0.1) is 11.6 Å². The summed E-state index contributed by atoms with van der Waals surface area (Å²) in [6.45, 7) is 7.35. The van der Waals surface area contributed by atoms with Crippen molar-refractivity contribution in [1.82, 2.24) is 0 Å². The molecule has 1 aliphatic rings. The van der Waals surface area contributed by atoms with Crippen LogP contribution in [0.2, 0.25) is 0 Å². The minimum atomic E-state index is -0.186. The number of thiophene rings is 1. The molecule has 2 heteroatoms. The van der Waals surface area contributed by atoms with Crippen LogP contribution < -0.4 is 0 Å². The van der Waals surface area contributed by atoms with Crippen LogP contribution in [-0.2, 0) is 24.7 Å². The fourth-order valence-corrected chi connectivity index (χ4v) is 12.5. The lowest BCUT2D eigenvalue weighted by atomic mass is 9.76. The van der Waals surface area contributed by atoms with Crippen LogP contribution in [0.5, 0.6) is 0 Å². The monoisotopic (exact) mass is 867 g/mol. The van der Waals surface area contributed by atoms with Crippen LogP contribution in [0.25, 0.3) is 53.2 Å². The molecule has 0 radical (unpaired) electrons. The number of rotatable bonds is 12. The van der Waals surface area contributed by atoms with Gasteiger partial charge in [0.15, 0.2) is 0 Å². The molecule has 3 unspecified atom stereocenters. The third-order valence-electron chi connectivity index (χ3n) is 14.8. The van der Waals surface area contributed by atoms with E-state index >= 15 is 0 Å². The van der Waals surface area contributed by atoms with E-state index in [1.807, 2.05) is 17.4 Å². The summed E-state index contributed by atoms with van der Waals surface area (Å²) in [4.78, 5) is 0. The number of hydrogen-bond donors (Lipinski definition) is 0. The summed E-state index contributed by atoms with van der Waals surface area (Å²) < 4.78 is 2.77. The minimum Gasteiger partial charge on any atom is -0.192 e. The Labute approximate surface area is 393 Å². The number of nitriles is 1. The molecule has 0 N–H and O–H groups in total. The van der Waals surface area contributed by atoms with Gasteiger partial charge in [-0.15, -0.1) is 11.3 Å². The highest BCUT2D eigenvalue weighted by molar-refractivity contribution is 7.26. The predicted octanol–water partition coefficient (Wildman–Crippen LogP) is 17.1. The maximum atomic E-state index is 10.2. The molecule has 1 nitrogen and oxygen atoms in total. The van der Waals surface area contributed by atoms with Gasteiger partial charge in [0.2, 0.25) is 0 Å². The lowest BCUT2D eigenvalue weighted by molar-refractivity contribution is 0.573. The van der Waals surface area contributed by atoms with Gasteiger partial charge < -0.3 is 0 Å². The van der Waals surface area contributed by atoms with Gasteiger partial charge in [-0.3, -0.25) is 0 Å². The van der Waals surface area contributed by atoms with E-state index in [-0.39, 0.29) is 17.3 Å². The van der Waals surface area contributed by atoms with Crippen LogP contribution in [0.3, 0.4) is 0 Å². The second kappa shape index (κ2) is 17.4. The Morgan fingerprint density at radius 3 is 1.94 bits per heavy atom. The van der Waals surface area contributed by atoms with Gasteiger partial charge in [0.25, 0.3) is 0 Å². The smallest absolute Gasteiger partial charge is 0.0991 e. The van der Waals surface area contributed by atoms with Crippen molar-refractivity contribution >= 4 is 42.3 Å². The third kappa shape index (κ3) is 7.62. The Balaban J connectivity index is 0.966. The second-order valence-electron chi connectivity index (χ2n) is 19.1. The Kier molecular flexibility index (Phi) is 11.0. The van der Waals surface area contributed by atoms with Gasteiger partial charge >= 0.3 is 0 Å². The minimum absolute atomic E-state index is 0.186. The van der Waals surface area contributed by atoms with E-state index in [0.29, 0.717) is 11.5 Å². The first kappa shape index (κ1) is 41.6. The molecule has 320 valence electrons. The van der Waals surface area contributed by atoms with Crippen molar-refractivity contribution in [2.45, 2.75) is 69.6 Å². The van der Waals surface area contributed by atoms with E-state index in [9.17, 15) is 5.26 Å². The molecule has 0 saturated carbocycles. The normalized spacial score (nSPS) is 14.2. The van der Waals surface area contributed by atoms with Crippen molar-refractivity contribution in [3.63, 3.8) is 0 Å². The van der Waals surface area contributed by atoms with E-state index in [1.54, 1.807) is 0 Å². The van der Waals surface area contributed by atoms with E-state index in [0.717, 1.165) is 36.8 Å².